The highest BCUT2D eigenvalue weighted by Gasteiger charge is 2.42. The Morgan fingerprint density at radius 1 is 0.570 bits per heavy atom. The van der Waals surface area contributed by atoms with Gasteiger partial charge in [0.1, 0.15) is 72.5 Å². The van der Waals surface area contributed by atoms with Gasteiger partial charge in [-0.05, 0) is 108 Å². The van der Waals surface area contributed by atoms with E-state index in [1.165, 1.54) is 30.5 Å². The molecule has 0 aromatic rings. The molecule has 30 nitrogen and oxygen atoms in total. The number of thiol groups is 2. The van der Waals surface area contributed by atoms with Crippen LogP contribution in [0.5, 0.6) is 0 Å². The van der Waals surface area contributed by atoms with Gasteiger partial charge in [0.15, 0.2) is 0 Å². The van der Waals surface area contributed by atoms with E-state index in [2.05, 4.69) is 73.1 Å². The van der Waals surface area contributed by atoms with Crippen LogP contribution in [0, 0.1) is 11.8 Å². The third-order valence-corrected chi connectivity index (χ3v) is 15.7. The SMILES string of the molecule is CSCC[C@H](NC(=O)[C@H](CCCCN)NC(=O)[C@@H]1CCCN1C(=O)[C@H](CS)NC(=O)[C@H](C)NC(=O)[C@H](CS)NC(=O)[C@@H](NC(=O)[C@@H]1CCCN1C(=O)[C@H](CCC(=O)O)NC(=O)[C@H](CO)NC(=O)[C@@H](N)[C@@H](C)O)C(C)C)C(=O)N[C@@H](CC(C)C)C(=O)O. The third kappa shape index (κ3) is 24.3. The molecule has 488 valence electrons. The van der Waals surface area contributed by atoms with Gasteiger partial charge in [-0.3, -0.25) is 57.5 Å². The van der Waals surface area contributed by atoms with Gasteiger partial charge >= 0.3 is 11.9 Å². The number of hydrogen-bond donors (Lipinski definition) is 17. The molecule has 0 radical (unpaired) electrons. The molecule has 2 heterocycles. The van der Waals surface area contributed by atoms with E-state index in [1.54, 1.807) is 34.0 Å². The minimum atomic E-state index is -1.67. The van der Waals surface area contributed by atoms with Crippen molar-refractivity contribution in [3.8, 4) is 0 Å². The average Bonchev–Trinajstić information content (AvgIpc) is 2.50. The molecule has 17 N–H and O–H groups in total. The van der Waals surface area contributed by atoms with E-state index < -0.39 is 181 Å². The van der Waals surface area contributed by atoms with E-state index >= 15 is 0 Å². The summed E-state index contributed by atoms with van der Waals surface area (Å²) in [6.07, 6.45) is 1.65. The number of carboxylic acid groups (broad SMARTS) is 2. The maximum Gasteiger partial charge on any atom is 0.326 e. The number of carboxylic acids is 2. The van der Waals surface area contributed by atoms with E-state index in [0.717, 1.165) is 4.90 Å². The van der Waals surface area contributed by atoms with Crippen LogP contribution in [0.1, 0.15) is 112 Å². The van der Waals surface area contributed by atoms with Crippen LogP contribution in [-0.4, -0.2) is 236 Å². The number of unbranched alkanes of at least 4 members (excludes halogenated alkanes) is 1. The minimum Gasteiger partial charge on any atom is -0.481 e. The van der Waals surface area contributed by atoms with Crippen molar-refractivity contribution in [2.75, 3.05) is 49.8 Å². The fourth-order valence-electron chi connectivity index (χ4n) is 9.36. The van der Waals surface area contributed by atoms with E-state index in [-0.39, 0.29) is 69.0 Å². The molecule has 2 aliphatic heterocycles. The second kappa shape index (κ2) is 38.3. The predicted octanol–water partition coefficient (Wildman–Crippen LogP) is -4.55. The van der Waals surface area contributed by atoms with Gasteiger partial charge in [0.05, 0.1) is 12.7 Å². The van der Waals surface area contributed by atoms with Crippen molar-refractivity contribution >= 4 is 114 Å². The number of nitrogens with one attached hydrogen (secondary N) is 9. The van der Waals surface area contributed by atoms with Crippen LogP contribution in [0.4, 0.5) is 0 Å². The Kier molecular flexibility index (Phi) is 33.9. The molecule has 0 unspecified atom stereocenters. The molecule has 2 aliphatic rings. The lowest BCUT2D eigenvalue weighted by molar-refractivity contribution is -0.144. The summed E-state index contributed by atoms with van der Waals surface area (Å²) in [4.78, 5) is 176. The molecule has 33 heteroatoms. The van der Waals surface area contributed by atoms with Gasteiger partial charge in [0, 0.05) is 31.0 Å². The number of hydrogen-bond acceptors (Lipinski definition) is 20. The number of nitrogens with zero attached hydrogens (tertiary/aromatic N) is 2. The highest BCUT2D eigenvalue weighted by molar-refractivity contribution is 7.98. The maximum atomic E-state index is 14.1. The van der Waals surface area contributed by atoms with Crippen LogP contribution in [0.15, 0.2) is 0 Å². The van der Waals surface area contributed by atoms with Crippen molar-refractivity contribution in [1.29, 1.82) is 0 Å². The van der Waals surface area contributed by atoms with Gasteiger partial charge in [0.2, 0.25) is 65.0 Å². The molecule has 0 saturated carbocycles. The molecule has 0 aromatic carbocycles. The Labute approximate surface area is 516 Å². The van der Waals surface area contributed by atoms with Crippen molar-refractivity contribution in [2.24, 2.45) is 23.3 Å². The molecule has 11 amide bonds. The fourth-order valence-corrected chi connectivity index (χ4v) is 10.3. The fraction of sp³-hybridized carbons (Fsp3) is 0.755. The Hall–Kier alpha value is -6.00. The number of carbonyl (C=O) groups excluding carboxylic acids is 11. The monoisotopic (exact) mass is 1280 g/mol. The highest BCUT2D eigenvalue weighted by Crippen LogP contribution is 2.22. The minimum absolute atomic E-state index is 0.0208. The first kappa shape index (κ1) is 76.1. The first-order valence-electron chi connectivity index (χ1n) is 28.7. The number of thioether (sulfide) groups is 1. The van der Waals surface area contributed by atoms with Crippen LogP contribution < -0.4 is 59.3 Å². The Morgan fingerprint density at radius 3 is 1.53 bits per heavy atom. The summed E-state index contributed by atoms with van der Waals surface area (Å²) in [6, 6.07) is -15.9. The van der Waals surface area contributed by atoms with Gasteiger partial charge in [-0.15, -0.1) is 0 Å². The van der Waals surface area contributed by atoms with Crippen LogP contribution in [0.2, 0.25) is 0 Å². The van der Waals surface area contributed by atoms with E-state index in [9.17, 15) is 82.8 Å². The third-order valence-electron chi connectivity index (χ3n) is 14.3. The van der Waals surface area contributed by atoms with Crippen molar-refractivity contribution in [3.63, 3.8) is 0 Å². The summed E-state index contributed by atoms with van der Waals surface area (Å²) >= 11 is 9.93. The molecule has 13 atom stereocenters. The smallest absolute Gasteiger partial charge is 0.326 e. The number of rotatable bonds is 38. The first-order chi connectivity index (χ1) is 40.5. The molecule has 2 rings (SSSR count). The van der Waals surface area contributed by atoms with Crippen LogP contribution >= 0.6 is 37.0 Å². The van der Waals surface area contributed by atoms with Crippen molar-refractivity contribution in [1.82, 2.24) is 57.7 Å². The summed E-state index contributed by atoms with van der Waals surface area (Å²) in [7, 11) is 0. The number of aliphatic hydroxyl groups is 2. The standard InChI is InChI=1S/C53H91N13O17S3/c1-26(2)22-33(53(82)83)60-44(73)31(17-21-86-7)57-43(72)30(12-8-9-18-54)58-47(76)37-13-10-20-66(37)52(81)36(25-85)63-42(71)28(5)56-46(75)35(24-84)62-50(79)41(27(3)4)64-48(77)38-14-11-19-65(38)51(80)32(15-16-39(69)70)59-45(74)34(23-67)61-49(78)40(55)29(6)68/h26-38,40-41,67-68,84-85H,8-25,54-55H2,1-7H3,(H,56,75)(H,57,72)(H,58,76)(H,59,74)(H,60,73)(H,61,78)(H,62,79)(H,63,71)(H,64,77)(H,69,70)(H,82,83)/t28-,29+,30-,31-,32-,33-,34-,35-,36-,37-,38-,40-,41-/m0/s1. The average molecular weight is 1280 g/mol. The van der Waals surface area contributed by atoms with Gasteiger partial charge in [-0.25, -0.2) is 4.79 Å². The lowest BCUT2D eigenvalue weighted by atomic mass is 10.0. The van der Waals surface area contributed by atoms with Crippen LogP contribution in [0.3, 0.4) is 0 Å². The zero-order valence-electron chi connectivity index (χ0n) is 49.8. The molecule has 0 aliphatic carbocycles. The van der Waals surface area contributed by atoms with E-state index in [1.807, 2.05) is 0 Å². The maximum absolute atomic E-state index is 14.1. The lowest BCUT2D eigenvalue weighted by Gasteiger charge is -2.31. The molecule has 0 spiro atoms. The topological polar surface area (TPSA) is 470 Å². The Morgan fingerprint density at radius 2 is 1.05 bits per heavy atom. The molecule has 2 fully saturated rings. The lowest BCUT2D eigenvalue weighted by Crippen LogP contribution is -2.61. The number of nitrogens with two attached hydrogens (primary N) is 2. The predicted molar refractivity (Wildman–Crippen MR) is 322 cm³/mol. The Balaban J connectivity index is 2.18. The van der Waals surface area contributed by atoms with Crippen LogP contribution in [0.25, 0.3) is 0 Å². The number of likely N-dealkylation sites (tertiary alicyclic amines) is 2. The zero-order valence-corrected chi connectivity index (χ0v) is 52.4. The molecular formula is C53H91N13O17S3. The van der Waals surface area contributed by atoms with Crippen LogP contribution in [-0.2, 0) is 62.3 Å². The summed E-state index contributed by atoms with van der Waals surface area (Å²) in [5.41, 5.74) is 11.3. The first-order valence-corrected chi connectivity index (χ1v) is 31.4. The molecular weight excluding hydrogens is 1190 g/mol. The second-order valence-electron chi connectivity index (χ2n) is 22.0. The number of carbonyl (C=O) groups is 13. The number of aliphatic carboxylic acids is 2. The molecule has 86 heavy (non-hydrogen) atoms. The van der Waals surface area contributed by atoms with Gasteiger partial charge in [-0.2, -0.15) is 37.0 Å². The quantitative estimate of drug-likeness (QED) is 0.0204. The summed E-state index contributed by atoms with van der Waals surface area (Å²) in [5, 5.41) is 61.3. The van der Waals surface area contributed by atoms with E-state index in [0.29, 0.717) is 31.6 Å². The largest absolute Gasteiger partial charge is 0.481 e. The number of aliphatic hydroxyl groups excluding tert-OH is 2. The van der Waals surface area contributed by atoms with Crippen molar-refractivity contribution < 1.29 is 82.8 Å². The van der Waals surface area contributed by atoms with Crippen molar-refractivity contribution in [3.05, 3.63) is 0 Å². The van der Waals surface area contributed by atoms with Gasteiger partial charge in [-0.1, -0.05) is 27.7 Å². The van der Waals surface area contributed by atoms with Gasteiger partial charge in [0.25, 0.3) is 0 Å². The number of amides is 11. The zero-order chi connectivity index (χ0) is 65.1. The van der Waals surface area contributed by atoms with Gasteiger partial charge < -0.3 is 89.5 Å². The highest BCUT2D eigenvalue weighted by atomic mass is 32.2. The molecule has 2 saturated heterocycles. The molecule has 0 aromatic heterocycles. The Bertz CT molecular complexity index is 2360. The summed E-state index contributed by atoms with van der Waals surface area (Å²) in [5.74, 6) is -12.5. The summed E-state index contributed by atoms with van der Waals surface area (Å²) in [6.45, 7) is 8.71. The summed E-state index contributed by atoms with van der Waals surface area (Å²) < 4.78 is 0. The molecule has 0 bridgehead atoms. The second-order valence-corrected chi connectivity index (χ2v) is 23.8. The van der Waals surface area contributed by atoms with Crippen molar-refractivity contribution in [2.45, 2.75) is 191 Å². The van der Waals surface area contributed by atoms with E-state index in [4.69, 9.17) is 11.5 Å². The normalized spacial score (nSPS) is 18.7.